The van der Waals surface area contributed by atoms with E-state index in [9.17, 15) is 9.59 Å². The van der Waals surface area contributed by atoms with Crippen molar-refractivity contribution in [2.75, 3.05) is 19.5 Å². The summed E-state index contributed by atoms with van der Waals surface area (Å²) in [5.41, 5.74) is 0.851. The van der Waals surface area contributed by atoms with Crippen molar-refractivity contribution in [1.82, 2.24) is 10.6 Å². The van der Waals surface area contributed by atoms with Crippen LogP contribution in [0.15, 0.2) is 42.5 Å². The summed E-state index contributed by atoms with van der Waals surface area (Å²) in [5, 5.41) is 17.1. The van der Waals surface area contributed by atoms with Crippen molar-refractivity contribution in [3.63, 3.8) is 0 Å². The van der Waals surface area contributed by atoms with Gasteiger partial charge in [0.2, 0.25) is 3.79 Å². The molecule has 2 rings (SSSR count). The zero-order chi connectivity index (χ0) is 23.2. The van der Waals surface area contributed by atoms with E-state index >= 15 is 0 Å². The van der Waals surface area contributed by atoms with Gasteiger partial charge in [0.25, 0.3) is 5.91 Å². The van der Waals surface area contributed by atoms with Gasteiger partial charge in [0.05, 0.1) is 19.8 Å². The molecule has 12 heteroatoms. The highest BCUT2D eigenvalue weighted by atomic mass is 35.6. The molecule has 0 bridgehead atoms. The van der Waals surface area contributed by atoms with Crippen LogP contribution < -0.4 is 25.4 Å². The predicted molar refractivity (Wildman–Crippen MR) is 124 cm³/mol. The number of halogens is 3. The van der Waals surface area contributed by atoms with Gasteiger partial charge in [-0.1, -0.05) is 34.8 Å². The molecule has 0 aliphatic heterocycles. The number of anilines is 1. The van der Waals surface area contributed by atoms with E-state index in [0.29, 0.717) is 17.2 Å². The molecule has 0 heterocycles. The number of methoxy groups -OCH3 is 2. The molecule has 166 valence electrons. The van der Waals surface area contributed by atoms with Crippen LogP contribution in [0.3, 0.4) is 0 Å². The van der Waals surface area contributed by atoms with Gasteiger partial charge in [0, 0.05) is 11.3 Å². The largest absolute Gasteiger partial charge is 0.493 e. The van der Waals surface area contributed by atoms with Gasteiger partial charge in [0.15, 0.2) is 16.6 Å². The fourth-order valence-corrected chi connectivity index (χ4v) is 2.95. The Morgan fingerprint density at radius 2 is 1.55 bits per heavy atom. The van der Waals surface area contributed by atoms with Crippen molar-refractivity contribution in [3.8, 4) is 11.5 Å². The highest BCUT2D eigenvalue weighted by Gasteiger charge is 2.35. The van der Waals surface area contributed by atoms with Gasteiger partial charge in [0.1, 0.15) is 6.17 Å². The molecule has 0 radical (unpaired) electrons. The number of carbonyl (C=O) groups is 2. The summed E-state index contributed by atoms with van der Waals surface area (Å²) >= 11 is 23.2. The number of aromatic carboxylic acids is 1. The van der Waals surface area contributed by atoms with Crippen molar-refractivity contribution in [2.45, 2.75) is 9.96 Å². The first kappa shape index (κ1) is 24.8. The van der Waals surface area contributed by atoms with Gasteiger partial charge >= 0.3 is 5.97 Å². The van der Waals surface area contributed by atoms with E-state index in [0.717, 1.165) is 0 Å². The third-order valence-electron chi connectivity index (χ3n) is 3.91. The van der Waals surface area contributed by atoms with Gasteiger partial charge in [-0.2, -0.15) is 0 Å². The van der Waals surface area contributed by atoms with Crippen LogP contribution in [0.25, 0.3) is 0 Å². The molecule has 4 N–H and O–H groups in total. The van der Waals surface area contributed by atoms with E-state index in [1.807, 2.05) is 0 Å². The normalized spacial score (nSPS) is 11.8. The fourth-order valence-electron chi connectivity index (χ4n) is 2.39. The number of thiocarbonyl (C=S) groups is 1. The lowest BCUT2D eigenvalue weighted by molar-refractivity contribution is 0.0696. The summed E-state index contributed by atoms with van der Waals surface area (Å²) in [7, 11) is 2.92. The number of alkyl halides is 3. The average Bonchev–Trinajstić information content (AvgIpc) is 2.72. The number of nitrogens with one attached hydrogen (secondary N) is 3. The number of amides is 1. The number of carboxylic acids is 1. The van der Waals surface area contributed by atoms with E-state index in [1.54, 1.807) is 6.07 Å². The first-order chi connectivity index (χ1) is 14.5. The highest BCUT2D eigenvalue weighted by molar-refractivity contribution is 7.80. The van der Waals surface area contributed by atoms with Gasteiger partial charge in [-0.25, -0.2) is 4.79 Å². The summed E-state index contributed by atoms with van der Waals surface area (Å²) in [6, 6.07) is 10.4. The van der Waals surface area contributed by atoms with Gasteiger partial charge in [-0.05, 0) is 54.7 Å². The van der Waals surface area contributed by atoms with Gasteiger partial charge in [-0.3, -0.25) is 4.79 Å². The Morgan fingerprint density at radius 1 is 0.968 bits per heavy atom. The fraction of sp³-hybridized carbons (Fsp3) is 0.211. The Bertz CT molecular complexity index is 967. The number of ether oxygens (including phenoxy) is 2. The molecule has 0 aliphatic rings. The van der Waals surface area contributed by atoms with E-state index < -0.39 is 21.8 Å². The van der Waals surface area contributed by atoms with Crippen LogP contribution in [0.1, 0.15) is 20.7 Å². The summed E-state index contributed by atoms with van der Waals surface area (Å²) in [6.45, 7) is 0. The maximum absolute atomic E-state index is 12.7. The molecule has 0 unspecified atom stereocenters. The van der Waals surface area contributed by atoms with Crippen LogP contribution in [0.2, 0.25) is 0 Å². The molecule has 1 atom stereocenters. The van der Waals surface area contributed by atoms with Crippen molar-refractivity contribution in [3.05, 3.63) is 53.6 Å². The minimum Gasteiger partial charge on any atom is -0.493 e. The lowest BCUT2D eigenvalue weighted by Gasteiger charge is -2.28. The third-order valence-corrected chi connectivity index (χ3v) is 4.79. The Balaban J connectivity index is 2.10. The molecule has 0 saturated heterocycles. The molecule has 0 fully saturated rings. The molecular formula is C19H18Cl3N3O5S. The molecule has 2 aromatic rings. The standard InChI is InChI=1S/C19H18Cl3N3O5S/c1-29-13-8-5-11(9-14(13)30-2)15(26)24-17(19(20,21)22)25-18(31)23-12-6-3-10(4-7-12)16(27)28/h3-9,17H,1-2H3,(H,24,26)(H,27,28)(H2,23,25,31)/t17-/m1/s1. The monoisotopic (exact) mass is 505 g/mol. The molecule has 0 aromatic heterocycles. The average molecular weight is 507 g/mol. The Morgan fingerprint density at radius 3 is 2.06 bits per heavy atom. The van der Waals surface area contributed by atoms with Crippen LogP contribution in [0.5, 0.6) is 11.5 Å². The van der Waals surface area contributed by atoms with E-state index in [2.05, 4.69) is 16.0 Å². The van der Waals surface area contributed by atoms with E-state index in [-0.39, 0.29) is 16.2 Å². The molecular weight excluding hydrogens is 489 g/mol. The summed E-state index contributed by atoms with van der Waals surface area (Å²) in [5.74, 6) is -0.801. The van der Waals surface area contributed by atoms with Gasteiger partial charge in [-0.15, -0.1) is 0 Å². The maximum atomic E-state index is 12.7. The smallest absolute Gasteiger partial charge is 0.335 e. The SMILES string of the molecule is COc1ccc(C(=O)N[C@H](NC(=S)Nc2ccc(C(=O)O)cc2)C(Cl)(Cl)Cl)cc1OC. The maximum Gasteiger partial charge on any atom is 0.335 e. The Hall–Kier alpha value is -2.46. The first-order valence-corrected chi connectivity index (χ1v) is 10.1. The highest BCUT2D eigenvalue weighted by Crippen LogP contribution is 2.30. The third kappa shape index (κ3) is 7.03. The molecule has 2 aromatic carbocycles. The predicted octanol–water partition coefficient (Wildman–Crippen LogP) is 3.81. The van der Waals surface area contributed by atoms with Crippen molar-refractivity contribution >= 4 is 69.7 Å². The molecule has 8 nitrogen and oxygen atoms in total. The quantitative estimate of drug-likeness (QED) is 0.255. The number of rotatable bonds is 7. The number of carbonyl (C=O) groups excluding carboxylic acids is 1. The minimum atomic E-state index is -1.95. The lowest BCUT2D eigenvalue weighted by Crippen LogP contribution is -2.56. The zero-order valence-corrected chi connectivity index (χ0v) is 19.3. The number of carboxylic acid groups (broad SMARTS) is 1. The Labute approximate surface area is 198 Å². The van der Waals surface area contributed by atoms with Crippen molar-refractivity contribution < 1.29 is 24.2 Å². The van der Waals surface area contributed by atoms with Crippen molar-refractivity contribution in [1.29, 1.82) is 0 Å². The van der Waals surface area contributed by atoms with Crippen LogP contribution in [-0.4, -0.2) is 46.3 Å². The molecule has 0 aliphatic carbocycles. The second-order valence-electron chi connectivity index (χ2n) is 6.00. The molecule has 0 saturated carbocycles. The molecule has 1 amide bonds. The number of hydrogen-bond donors (Lipinski definition) is 4. The van der Waals surface area contributed by atoms with Crippen LogP contribution in [-0.2, 0) is 0 Å². The Kier molecular flexibility index (Phi) is 8.58. The summed E-state index contributed by atoms with van der Waals surface area (Å²) in [6.07, 6.45) is -1.20. The second-order valence-corrected chi connectivity index (χ2v) is 8.78. The minimum absolute atomic E-state index is 0.0343. The first-order valence-electron chi connectivity index (χ1n) is 8.55. The van der Waals surface area contributed by atoms with Crippen LogP contribution in [0, 0.1) is 0 Å². The van der Waals surface area contributed by atoms with Crippen LogP contribution >= 0.6 is 47.0 Å². The lowest BCUT2D eigenvalue weighted by atomic mass is 10.2. The second kappa shape index (κ2) is 10.7. The van der Waals surface area contributed by atoms with E-state index in [4.69, 9.17) is 61.6 Å². The summed E-state index contributed by atoms with van der Waals surface area (Å²) < 4.78 is 8.38. The van der Waals surface area contributed by atoms with Crippen molar-refractivity contribution in [2.24, 2.45) is 0 Å². The van der Waals surface area contributed by atoms with Gasteiger partial charge < -0.3 is 30.5 Å². The molecule has 31 heavy (non-hydrogen) atoms. The number of hydrogen-bond acceptors (Lipinski definition) is 5. The molecule has 0 spiro atoms. The topological polar surface area (TPSA) is 109 Å². The zero-order valence-electron chi connectivity index (χ0n) is 16.2. The summed E-state index contributed by atoms with van der Waals surface area (Å²) in [4.78, 5) is 23.6. The van der Waals surface area contributed by atoms with Crippen LogP contribution in [0.4, 0.5) is 5.69 Å². The van der Waals surface area contributed by atoms with E-state index in [1.165, 1.54) is 50.6 Å². The number of benzene rings is 2.